The summed E-state index contributed by atoms with van der Waals surface area (Å²) in [6, 6.07) is 6.43. The van der Waals surface area contributed by atoms with Gasteiger partial charge in [-0.1, -0.05) is 12.1 Å². The summed E-state index contributed by atoms with van der Waals surface area (Å²) in [4.78, 5) is 43.4. The Kier molecular flexibility index (Phi) is 6.63. The van der Waals surface area contributed by atoms with Crippen LogP contribution in [0.3, 0.4) is 0 Å². The van der Waals surface area contributed by atoms with Crippen LogP contribution in [0.5, 0.6) is 0 Å². The van der Waals surface area contributed by atoms with E-state index in [1.165, 1.54) is 6.07 Å². The van der Waals surface area contributed by atoms with Crippen molar-refractivity contribution >= 4 is 23.3 Å². The topological polar surface area (TPSA) is 106 Å². The molecule has 0 bridgehead atoms. The van der Waals surface area contributed by atoms with E-state index < -0.39 is 11.8 Å². The molecule has 1 aliphatic heterocycles. The predicted octanol–water partition coefficient (Wildman–Crippen LogP) is 0.817. The number of ether oxygens (including phenoxy) is 1. The fourth-order valence-corrected chi connectivity index (χ4v) is 3.30. The third-order valence-electron chi connectivity index (χ3n) is 5.16. The van der Waals surface area contributed by atoms with Crippen LogP contribution in [-0.4, -0.2) is 70.4 Å². The second kappa shape index (κ2) is 9.19. The SMILES string of the molecule is Cn1ccnc1C(=O)c1cccc(NC(=O)C(=O)NCC(C)(C)N2CCOCC2)c1. The number of hydrogen-bond acceptors (Lipinski definition) is 6. The van der Waals surface area contributed by atoms with Gasteiger partial charge in [-0.15, -0.1) is 0 Å². The maximum absolute atomic E-state index is 12.6. The first-order valence-electron chi connectivity index (χ1n) is 9.82. The molecule has 2 amide bonds. The number of nitrogens with one attached hydrogen (secondary N) is 2. The summed E-state index contributed by atoms with van der Waals surface area (Å²) >= 11 is 0. The summed E-state index contributed by atoms with van der Waals surface area (Å²) < 4.78 is 6.98. The van der Waals surface area contributed by atoms with Crippen LogP contribution in [-0.2, 0) is 21.4 Å². The third-order valence-corrected chi connectivity index (χ3v) is 5.16. The van der Waals surface area contributed by atoms with E-state index in [2.05, 4.69) is 20.5 Å². The highest BCUT2D eigenvalue weighted by Gasteiger charge is 2.29. The van der Waals surface area contributed by atoms with Crippen LogP contribution in [0.4, 0.5) is 5.69 Å². The Morgan fingerprint density at radius 1 is 1.17 bits per heavy atom. The number of hydrogen-bond donors (Lipinski definition) is 2. The molecule has 0 aliphatic carbocycles. The lowest BCUT2D eigenvalue weighted by molar-refractivity contribution is -0.136. The first-order chi connectivity index (χ1) is 14.3. The number of anilines is 1. The van der Waals surface area contributed by atoms with Gasteiger partial charge in [-0.3, -0.25) is 19.3 Å². The van der Waals surface area contributed by atoms with Crippen LogP contribution in [0, 0.1) is 0 Å². The molecule has 1 aromatic carbocycles. The predicted molar refractivity (Wildman–Crippen MR) is 111 cm³/mol. The number of aryl methyl sites for hydroxylation is 1. The molecule has 2 aromatic rings. The molecule has 9 nitrogen and oxygen atoms in total. The minimum absolute atomic E-state index is 0.268. The van der Waals surface area contributed by atoms with Gasteiger partial charge in [0.25, 0.3) is 0 Å². The van der Waals surface area contributed by atoms with Gasteiger partial charge in [0, 0.05) is 55.9 Å². The van der Waals surface area contributed by atoms with E-state index in [4.69, 9.17) is 4.74 Å². The quantitative estimate of drug-likeness (QED) is 0.537. The number of amides is 2. The number of nitrogens with zero attached hydrogens (tertiary/aromatic N) is 3. The van der Waals surface area contributed by atoms with Crippen molar-refractivity contribution in [3.05, 3.63) is 48.0 Å². The number of carbonyl (C=O) groups is 3. The van der Waals surface area contributed by atoms with Crippen molar-refractivity contribution < 1.29 is 19.1 Å². The molecule has 0 atom stereocenters. The smallest absolute Gasteiger partial charge is 0.313 e. The number of morpholine rings is 1. The number of imidazole rings is 1. The molecular weight excluding hydrogens is 386 g/mol. The Labute approximate surface area is 175 Å². The van der Waals surface area contributed by atoms with Crippen molar-refractivity contribution in [2.75, 3.05) is 38.2 Å². The normalized spacial score (nSPS) is 14.9. The molecule has 0 unspecified atom stereocenters. The fourth-order valence-electron chi connectivity index (χ4n) is 3.30. The number of ketones is 1. The lowest BCUT2D eigenvalue weighted by Gasteiger charge is -2.40. The number of rotatable bonds is 6. The summed E-state index contributed by atoms with van der Waals surface area (Å²) in [7, 11) is 1.73. The summed E-state index contributed by atoms with van der Waals surface area (Å²) in [6.45, 7) is 7.25. The van der Waals surface area contributed by atoms with Gasteiger partial charge in [0.2, 0.25) is 5.78 Å². The Morgan fingerprint density at radius 3 is 2.57 bits per heavy atom. The van der Waals surface area contributed by atoms with Crippen LogP contribution in [0.2, 0.25) is 0 Å². The average Bonchev–Trinajstić information content (AvgIpc) is 3.18. The van der Waals surface area contributed by atoms with Gasteiger partial charge in [0.15, 0.2) is 5.82 Å². The van der Waals surface area contributed by atoms with E-state index >= 15 is 0 Å². The number of benzene rings is 1. The number of carbonyl (C=O) groups excluding carboxylic acids is 3. The molecule has 0 saturated carbocycles. The van der Waals surface area contributed by atoms with Crippen molar-refractivity contribution in [2.24, 2.45) is 7.05 Å². The molecule has 1 fully saturated rings. The zero-order valence-corrected chi connectivity index (χ0v) is 17.5. The van der Waals surface area contributed by atoms with Crippen LogP contribution in [0.1, 0.15) is 30.0 Å². The monoisotopic (exact) mass is 413 g/mol. The summed E-state index contributed by atoms with van der Waals surface area (Å²) in [5.41, 5.74) is 0.437. The second-order valence-electron chi connectivity index (χ2n) is 7.82. The number of aromatic nitrogens is 2. The van der Waals surface area contributed by atoms with Crippen molar-refractivity contribution in [1.29, 1.82) is 0 Å². The van der Waals surface area contributed by atoms with E-state index in [-0.39, 0.29) is 11.3 Å². The minimum Gasteiger partial charge on any atom is -0.379 e. The largest absolute Gasteiger partial charge is 0.379 e. The van der Waals surface area contributed by atoms with Gasteiger partial charge in [-0.2, -0.15) is 0 Å². The lowest BCUT2D eigenvalue weighted by Crippen LogP contribution is -2.56. The van der Waals surface area contributed by atoms with E-state index in [9.17, 15) is 14.4 Å². The second-order valence-corrected chi connectivity index (χ2v) is 7.82. The van der Waals surface area contributed by atoms with Crippen molar-refractivity contribution in [1.82, 2.24) is 19.8 Å². The molecule has 0 radical (unpaired) electrons. The van der Waals surface area contributed by atoms with E-state index in [0.717, 1.165) is 13.1 Å². The molecule has 3 rings (SSSR count). The fraction of sp³-hybridized carbons (Fsp3) is 0.429. The van der Waals surface area contributed by atoms with Crippen LogP contribution < -0.4 is 10.6 Å². The zero-order valence-electron chi connectivity index (χ0n) is 17.5. The van der Waals surface area contributed by atoms with E-state index in [0.29, 0.717) is 36.8 Å². The van der Waals surface area contributed by atoms with Gasteiger partial charge >= 0.3 is 11.8 Å². The maximum atomic E-state index is 12.6. The molecule has 1 aromatic heterocycles. The molecule has 30 heavy (non-hydrogen) atoms. The van der Waals surface area contributed by atoms with E-state index in [1.807, 2.05) is 13.8 Å². The average molecular weight is 413 g/mol. The Bertz CT molecular complexity index is 931. The van der Waals surface area contributed by atoms with Gasteiger partial charge < -0.3 is 19.9 Å². The van der Waals surface area contributed by atoms with Crippen molar-refractivity contribution in [3.8, 4) is 0 Å². The standard InChI is InChI=1S/C21H27N5O4/c1-21(2,26-9-11-30-12-10-26)14-23-19(28)20(29)24-16-6-4-5-15(13-16)17(27)18-22-7-8-25(18)3/h4-8,13H,9-12,14H2,1-3H3,(H,23,28)(H,24,29). The molecular formula is C21H27N5O4. The minimum atomic E-state index is -0.783. The van der Waals surface area contributed by atoms with Crippen molar-refractivity contribution in [2.45, 2.75) is 19.4 Å². The Balaban J connectivity index is 1.58. The Hall–Kier alpha value is -3.04. The summed E-state index contributed by atoms with van der Waals surface area (Å²) in [6.07, 6.45) is 3.23. The molecule has 1 saturated heterocycles. The van der Waals surface area contributed by atoms with Crippen LogP contribution in [0.15, 0.2) is 36.7 Å². The van der Waals surface area contributed by atoms with Gasteiger partial charge in [-0.25, -0.2) is 4.98 Å². The zero-order chi connectivity index (χ0) is 21.7. The van der Waals surface area contributed by atoms with Crippen LogP contribution >= 0.6 is 0 Å². The van der Waals surface area contributed by atoms with Gasteiger partial charge in [0.1, 0.15) is 0 Å². The first-order valence-corrected chi connectivity index (χ1v) is 9.82. The lowest BCUT2D eigenvalue weighted by atomic mass is 10.0. The molecule has 1 aliphatic rings. The third kappa shape index (κ3) is 5.11. The van der Waals surface area contributed by atoms with E-state index in [1.54, 1.807) is 42.2 Å². The molecule has 9 heteroatoms. The highest BCUT2D eigenvalue weighted by atomic mass is 16.5. The molecule has 160 valence electrons. The highest BCUT2D eigenvalue weighted by Crippen LogP contribution is 2.16. The summed E-state index contributed by atoms with van der Waals surface area (Å²) in [5.74, 6) is -1.48. The van der Waals surface area contributed by atoms with Gasteiger partial charge in [-0.05, 0) is 26.0 Å². The maximum Gasteiger partial charge on any atom is 0.313 e. The van der Waals surface area contributed by atoms with Gasteiger partial charge in [0.05, 0.1) is 13.2 Å². The molecule has 2 heterocycles. The van der Waals surface area contributed by atoms with Crippen molar-refractivity contribution in [3.63, 3.8) is 0 Å². The highest BCUT2D eigenvalue weighted by molar-refractivity contribution is 6.39. The molecule has 2 N–H and O–H groups in total. The first kappa shape index (κ1) is 21.7. The Morgan fingerprint density at radius 2 is 1.90 bits per heavy atom. The van der Waals surface area contributed by atoms with Crippen LogP contribution in [0.25, 0.3) is 0 Å². The summed E-state index contributed by atoms with van der Waals surface area (Å²) in [5, 5.41) is 5.24. The molecule has 0 spiro atoms.